The first-order chi connectivity index (χ1) is 9.03. The van der Waals surface area contributed by atoms with Gasteiger partial charge >= 0.3 is 0 Å². The molecule has 2 fully saturated rings. The highest BCUT2D eigenvalue weighted by Crippen LogP contribution is 2.51. The minimum Gasteiger partial charge on any atom is -0.354 e. The van der Waals surface area contributed by atoms with Crippen LogP contribution < -0.4 is 10.6 Å². The molecule has 0 aromatic rings. The number of amides is 1. The Hall–Kier alpha value is -0.570. The number of carbonyl (C=O) groups is 1. The van der Waals surface area contributed by atoms with Crippen LogP contribution in [0.1, 0.15) is 65.7 Å². The van der Waals surface area contributed by atoms with E-state index in [0.29, 0.717) is 17.4 Å². The van der Waals surface area contributed by atoms with Crippen molar-refractivity contribution in [2.24, 2.45) is 11.3 Å². The first kappa shape index (κ1) is 14.8. The third-order valence-corrected chi connectivity index (χ3v) is 5.05. The molecule has 2 aliphatic rings. The maximum atomic E-state index is 12.0. The van der Waals surface area contributed by atoms with Gasteiger partial charge in [-0.1, -0.05) is 33.1 Å². The van der Waals surface area contributed by atoms with E-state index in [2.05, 4.69) is 24.5 Å². The van der Waals surface area contributed by atoms with Gasteiger partial charge in [0, 0.05) is 12.6 Å². The largest absolute Gasteiger partial charge is 0.354 e. The van der Waals surface area contributed by atoms with Crippen LogP contribution in [-0.2, 0) is 4.79 Å². The summed E-state index contributed by atoms with van der Waals surface area (Å²) in [5, 5.41) is 6.61. The lowest BCUT2D eigenvalue weighted by Gasteiger charge is -2.53. The molecule has 1 spiro atoms. The monoisotopic (exact) mass is 266 g/mol. The van der Waals surface area contributed by atoms with Crippen LogP contribution >= 0.6 is 0 Å². The van der Waals surface area contributed by atoms with Crippen LogP contribution in [0.25, 0.3) is 0 Å². The zero-order valence-electron chi connectivity index (χ0n) is 12.8. The Morgan fingerprint density at radius 3 is 2.37 bits per heavy atom. The summed E-state index contributed by atoms with van der Waals surface area (Å²) in [6, 6.07) is 0.524. The smallest absolute Gasteiger partial charge is 0.236 e. The highest BCUT2D eigenvalue weighted by atomic mass is 16.2. The molecule has 2 aliphatic carbocycles. The van der Waals surface area contributed by atoms with Crippen molar-refractivity contribution in [1.29, 1.82) is 0 Å². The van der Waals surface area contributed by atoms with E-state index in [4.69, 9.17) is 0 Å². The molecule has 0 aromatic heterocycles. The summed E-state index contributed by atoms with van der Waals surface area (Å²) >= 11 is 0. The molecular weight excluding hydrogens is 236 g/mol. The van der Waals surface area contributed by atoms with Crippen molar-refractivity contribution in [2.45, 2.75) is 77.8 Å². The second-order valence-electron chi connectivity index (χ2n) is 7.04. The normalized spacial score (nSPS) is 27.1. The number of rotatable bonds is 5. The van der Waals surface area contributed by atoms with Gasteiger partial charge in [0.25, 0.3) is 0 Å². The fourth-order valence-corrected chi connectivity index (χ4v) is 3.65. The Bertz CT molecular complexity index is 308. The molecule has 0 aliphatic heterocycles. The Labute approximate surface area is 117 Å². The van der Waals surface area contributed by atoms with Crippen LogP contribution in [0.3, 0.4) is 0 Å². The van der Waals surface area contributed by atoms with Gasteiger partial charge in [-0.2, -0.15) is 0 Å². The van der Waals surface area contributed by atoms with Crippen LogP contribution in [0.15, 0.2) is 0 Å². The van der Waals surface area contributed by atoms with Gasteiger partial charge in [-0.3, -0.25) is 4.79 Å². The van der Waals surface area contributed by atoms with Gasteiger partial charge in [-0.25, -0.2) is 0 Å². The van der Waals surface area contributed by atoms with Crippen molar-refractivity contribution in [1.82, 2.24) is 10.6 Å². The van der Waals surface area contributed by atoms with Crippen molar-refractivity contribution in [3.05, 3.63) is 0 Å². The molecule has 2 unspecified atom stereocenters. The molecule has 3 nitrogen and oxygen atoms in total. The maximum absolute atomic E-state index is 12.0. The predicted molar refractivity (Wildman–Crippen MR) is 79.0 cm³/mol. The topological polar surface area (TPSA) is 41.1 Å². The highest BCUT2D eigenvalue weighted by Gasteiger charge is 2.47. The zero-order chi connectivity index (χ0) is 13.9. The van der Waals surface area contributed by atoms with Gasteiger partial charge in [0.05, 0.1) is 6.04 Å². The number of hydrogen-bond donors (Lipinski definition) is 2. The molecule has 110 valence electrons. The van der Waals surface area contributed by atoms with E-state index < -0.39 is 0 Å². The van der Waals surface area contributed by atoms with Gasteiger partial charge in [-0.15, -0.1) is 0 Å². The lowest BCUT2D eigenvalue weighted by Crippen LogP contribution is -2.59. The molecule has 0 radical (unpaired) electrons. The summed E-state index contributed by atoms with van der Waals surface area (Å²) in [5.41, 5.74) is 0.533. The van der Waals surface area contributed by atoms with Crippen molar-refractivity contribution >= 4 is 5.91 Å². The fraction of sp³-hybridized carbons (Fsp3) is 0.938. The molecule has 0 bridgehead atoms. The SMILES string of the molecule is CC(C)CNC(=O)C(C)NC1CCC12CCCCC2. The second kappa shape index (κ2) is 6.25. The minimum atomic E-state index is -0.0529. The van der Waals surface area contributed by atoms with Crippen molar-refractivity contribution in [3.63, 3.8) is 0 Å². The number of nitrogens with one attached hydrogen (secondary N) is 2. The summed E-state index contributed by atoms with van der Waals surface area (Å²) in [6.07, 6.45) is 9.51. The summed E-state index contributed by atoms with van der Waals surface area (Å²) in [6.45, 7) is 7.04. The zero-order valence-corrected chi connectivity index (χ0v) is 12.8. The number of hydrogen-bond acceptors (Lipinski definition) is 2. The molecule has 2 saturated carbocycles. The summed E-state index contributed by atoms with van der Waals surface area (Å²) in [7, 11) is 0. The summed E-state index contributed by atoms with van der Waals surface area (Å²) in [5.74, 6) is 0.677. The quantitative estimate of drug-likeness (QED) is 0.803. The van der Waals surface area contributed by atoms with E-state index >= 15 is 0 Å². The van der Waals surface area contributed by atoms with E-state index in [1.807, 2.05) is 6.92 Å². The van der Waals surface area contributed by atoms with Gasteiger partial charge < -0.3 is 10.6 Å². The molecular formula is C16H30N2O. The fourth-order valence-electron chi connectivity index (χ4n) is 3.65. The van der Waals surface area contributed by atoms with E-state index in [0.717, 1.165) is 6.54 Å². The van der Waals surface area contributed by atoms with Crippen molar-refractivity contribution < 1.29 is 4.79 Å². The molecule has 2 atom stereocenters. The molecule has 0 saturated heterocycles. The average molecular weight is 266 g/mol. The van der Waals surface area contributed by atoms with Gasteiger partial charge in [-0.05, 0) is 43.9 Å². The Balaban J connectivity index is 1.78. The molecule has 3 heteroatoms. The van der Waals surface area contributed by atoms with Crippen LogP contribution in [-0.4, -0.2) is 24.5 Å². The first-order valence-corrected chi connectivity index (χ1v) is 8.07. The third kappa shape index (κ3) is 3.50. The second-order valence-corrected chi connectivity index (χ2v) is 7.04. The molecule has 0 heterocycles. The van der Waals surface area contributed by atoms with Gasteiger partial charge in [0.2, 0.25) is 5.91 Å². The predicted octanol–water partition coefficient (Wildman–Crippen LogP) is 2.85. The number of carbonyl (C=O) groups excluding carboxylic acids is 1. The van der Waals surface area contributed by atoms with Crippen molar-refractivity contribution in [2.75, 3.05) is 6.54 Å². The van der Waals surface area contributed by atoms with Crippen LogP contribution in [0.2, 0.25) is 0 Å². The third-order valence-electron chi connectivity index (χ3n) is 5.05. The molecule has 2 N–H and O–H groups in total. The van der Waals surface area contributed by atoms with E-state index in [9.17, 15) is 4.79 Å². The molecule has 19 heavy (non-hydrogen) atoms. The maximum Gasteiger partial charge on any atom is 0.236 e. The molecule has 0 aromatic carbocycles. The Morgan fingerprint density at radius 2 is 1.84 bits per heavy atom. The van der Waals surface area contributed by atoms with E-state index in [1.165, 1.54) is 44.9 Å². The van der Waals surface area contributed by atoms with Crippen LogP contribution in [0.4, 0.5) is 0 Å². The average Bonchev–Trinajstić information content (AvgIpc) is 2.41. The van der Waals surface area contributed by atoms with Crippen LogP contribution in [0, 0.1) is 11.3 Å². The summed E-state index contributed by atoms with van der Waals surface area (Å²) < 4.78 is 0. The molecule has 2 rings (SSSR count). The minimum absolute atomic E-state index is 0.0529. The standard InChI is InChI=1S/C16H30N2O/c1-12(2)11-17-15(19)13(3)18-14-7-10-16(14)8-5-4-6-9-16/h12-14,18H,4-11H2,1-3H3,(H,17,19). The Kier molecular flexibility index (Phi) is 4.88. The van der Waals surface area contributed by atoms with Gasteiger partial charge in [0.15, 0.2) is 0 Å². The van der Waals surface area contributed by atoms with Crippen LogP contribution in [0.5, 0.6) is 0 Å². The van der Waals surface area contributed by atoms with Crippen molar-refractivity contribution in [3.8, 4) is 0 Å². The first-order valence-electron chi connectivity index (χ1n) is 8.07. The lowest BCUT2D eigenvalue weighted by molar-refractivity contribution is -0.124. The lowest BCUT2D eigenvalue weighted by atomic mass is 9.57. The van der Waals surface area contributed by atoms with E-state index in [1.54, 1.807) is 0 Å². The summed E-state index contributed by atoms with van der Waals surface area (Å²) in [4.78, 5) is 12.0. The highest BCUT2D eigenvalue weighted by molar-refractivity contribution is 5.81. The molecule has 1 amide bonds. The van der Waals surface area contributed by atoms with E-state index in [-0.39, 0.29) is 11.9 Å². The van der Waals surface area contributed by atoms with Gasteiger partial charge in [0.1, 0.15) is 0 Å². The Morgan fingerprint density at radius 1 is 1.16 bits per heavy atom.